The fraction of sp³-hybridized carbons (Fsp3) is 0.421. The van der Waals surface area contributed by atoms with Gasteiger partial charge >= 0.3 is 0 Å². The SMILES string of the molecule is O=C1CC(C(=O)N2CCCCC2Cn2cccn2)c2ccccc2N1. The highest BCUT2D eigenvalue weighted by Crippen LogP contribution is 2.35. The number of carbonyl (C=O) groups excluding carboxylic acids is 2. The quantitative estimate of drug-likeness (QED) is 0.934. The predicted octanol–water partition coefficient (Wildman–Crippen LogP) is 2.39. The van der Waals surface area contributed by atoms with Gasteiger partial charge in [0.15, 0.2) is 0 Å². The van der Waals surface area contributed by atoms with Crippen LogP contribution in [0.1, 0.15) is 37.2 Å². The van der Waals surface area contributed by atoms with Gasteiger partial charge in [0.1, 0.15) is 0 Å². The molecule has 1 N–H and O–H groups in total. The van der Waals surface area contributed by atoms with Crippen molar-refractivity contribution in [2.24, 2.45) is 0 Å². The van der Waals surface area contributed by atoms with Crippen LogP contribution >= 0.6 is 0 Å². The van der Waals surface area contributed by atoms with Crippen LogP contribution in [0.15, 0.2) is 42.7 Å². The van der Waals surface area contributed by atoms with Crippen molar-refractivity contribution in [2.45, 2.75) is 44.2 Å². The number of benzene rings is 1. The Balaban J connectivity index is 1.59. The van der Waals surface area contributed by atoms with Crippen LogP contribution in [-0.2, 0) is 16.1 Å². The second-order valence-electron chi connectivity index (χ2n) is 6.80. The van der Waals surface area contributed by atoms with E-state index in [1.165, 1.54) is 0 Å². The van der Waals surface area contributed by atoms with E-state index < -0.39 is 0 Å². The van der Waals surface area contributed by atoms with Crippen molar-refractivity contribution < 1.29 is 9.59 Å². The molecule has 0 saturated carbocycles. The zero-order valence-electron chi connectivity index (χ0n) is 14.1. The van der Waals surface area contributed by atoms with Gasteiger partial charge in [-0.15, -0.1) is 0 Å². The standard InChI is InChI=1S/C19H22N4O2/c24-18-12-16(15-7-1-2-8-17(15)21-18)19(25)23-11-4-3-6-14(23)13-22-10-5-9-20-22/h1-2,5,7-10,14,16H,3-4,6,11-13H2,(H,21,24). The van der Waals surface area contributed by atoms with E-state index in [1.54, 1.807) is 6.20 Å². The first-order valence-corrected chi connectivity index (χ1v) is 8.89. The largest absolute Gasteiger partial charge is 0.337 e. The van der Waals surface area contributed by atoms with Gasteiger partial charge in [0.05, 0.1) is 18.5 Å². The molecule has 2 unspecified atom stereocenters. The summed E-state index contributed by atoms with van der Waals surface area (Å²) in [7, 11) is 0. The van der Waals surface area contributed by atoms with Crippen molar-refractivity contribution in [1.82, 2.24) is 14.7 Å². The van der Waals surface area contributed by atoms with Crippen molar-refractivity contribution in [3.63, 3.8) is 0 Å². The topological polar surface area (TPSA) is 67.2 Å². The molecule has 25 heavy (non-hydrogen) atoms. The molecule has 0 spiro atoms. The molecule has 1 aromatic carbocycles. The van der Waals surface area contributed by atoms with Gasteiger partial charge in [0, 0.05) is 31.0 Å². The van der Waals surface area contributed by atoms with Crippen LogP contribution in [0.3, 0.4) is 0 Å². The van der Waals surface area contributed by atoms with Gasteiger partial charge in [-0.2, -0.15) is 5.10 Å². The number of piperidine rings is 1. The Morgan fingerprint density at radius 1 is 1.24 bits per heavy atom. The average molecular weight is 338 g/mol. The number of hydrogen-bond donors (Lipinski definition) is 1. The van der Waals surface area contributed by atoms with Gasteiger partial charge in [0.2, 0.25) is 11.8 Å². The van der Waals surface area contributed by atoms with Crippen molar-refractivity contribution >= 4 is 17.5 Å². The molecule has 2 amide bonds. The van der Waals surface area contributed by atoms with E-state index in [2.05, 4.69) is 10.4 Å². The number of amides is 2. The Labute approximate surface area is 146 Å². The third-order valence-electron chi connectivity index (χ3n) is 5.17. The van der Waals surface area contributed by atoms with Crippen molar-refractivity contribution in [1.29, 1.82) is 0 Å². The molecule has 3 heterocycles. The van der Waals surface area contributed by atoms with E-state index in [0.717, 1.165) is 37.1 Å². The first-order chi connectivity index (χ1) is 12.2. The minimum Gasteiger partial charge on any atom is -0.337 e. The van der Waals surface area contributed by atoms with Gasteiger partial charge in [-0.05, 0) is 37.0 Å². The van der Waals surface area contributed by atoms with E-state index in [-0.39, 0.29) is 30.2 Å². The first kappa shape index (κ1) is 15.9. The highest BCUT2D eigenvalue weighted by molar-refractivity contribution is 6.01. The van der Waals surface area contributed by atoms with Gasteiger partial charge in [0.25, 0.3) is 0 Å². The van der Waals surface area contributed by atoms with E-state index in [0.29, 0.717) is 6.54 Å². The lowest BCUT2D eigenvalue weighted by molar-refractivity contribution is -0.138. The van der Waals surface area contributed by atoms with Crippen LogP contribution < -0.4 is 5.32 Å². The normalized spacial score (nSPS) is 23.0. The molecule has 0 aliphatic carbocycles. The molecule has 1 aromatic heterocycles. The average Bonchev–Trinajstić information content (AvgIpc) is 3.14. The number of hydrogen-bond acceptors (Lipinski definition) is 3. The van der Waals surface area contributed by atoms with Crippen LogP contribution in [0.2, 0.25) is 0 Å². The lowest BCUT2D eigenvalue weighted by atomic mass is 9.88. The third kappa shape index (κ3) is 3.16. The van der Waals surface area contributed by atoms with Gasteiger partial charge in [-0.3, -0.25) is 14.3 Å². The number of nitrogens with one attached hydrogen (secondary N) is 1. The highest BCUT2D eigenvalue weighted by Gasteiger charge is 2.36. The molecule has 1 saturated heterocycles. The molecule has 2 aliphatic rings. The van der Waals surface area contributed by atoms with E-state index in [1.807, 2.05) is 46.1 Å². The fourth-order valence-electron chi connectivity index (χ4n) is 3.94. The van der Waals surface area contributed by atoms with Crippen LogP contribution in [0.25, 0.3) is 0 Å². The van der Waals surface area contributed by atoms with Crippen molar-refractivity contribution in [3.8, 4) is 0 Å². The summed E-state index contributed by atoms with van der Waals surface area (Å²) in [5, 5.41) is 7.15. The summed E-state index contributed by atoms with van der Waals surface area (Å²) in [6.45, 7) is 1.46. The van der Waals surface area contributed by atoms with Crippen LogP contribution in [0.5, 0.6) is 0 Å². The Morgan fingerprint density at radius 2 is 2.12 bits per heavy atom. The number of carbonyl (C=O) groups is 2. The number of rotatable bonds is 3. The number of anilines is 1. The Bertz CT molecular complexity index is 771. The fourth-order valence-corrected chi connectivity index (χ4v) is 3.94. The van der Waals surface area contributed by atoms with E-state index in [4.69, 9.17) is 0 Å². The molecular formula is C19H22N4O2. The smallest absolute Gasteiger partial charge is 0.231 e. The number of fused-ring (bicyclic) bond motifs is 1. The summed E-state index contributed by atoms with van der Waals surface area (Å²) in [6, 6.07) is 9.66. The second-order valence-corrected chi connectivity index (χ2v) is 6.80. The Hall–Kier alpha value is -2.63. The van der Waals surface area contributed by atoms with Crippen LogP contribution in [0, 0.1) is 0 Å². The van der Waals surface area contributed by atoms with Crippen molar-refractivity contribution in [2.75, 3.05) is 11.9 Å². The molecule has 4 rings (SSSR count). The molecule has 0 radical (unpaired) electrons. The molecule has 6 heteroatoms. The number of nitrogens with zero attached hydrogens (tertiary/aromatic N) is 3. The summed E-state index contributed by atoms with van der Waals surface area (Å²) in [6.07, 6.45) is 7.03. The second kappa shape index (κ2) is 6.70. The highest BCUT2D eigenvalue weighted by atomic mass is 16.2. The van der Waals surface area contributed by atoms with Crippen LogP contribution in [0.4, 0.5) is 5.69 Å². The van der Waals surface area contributed by atoms with Gasteiger partial charge in [-0.25, -0.2) is 0 Å². The molecule has 2 atom stereocenters. The number of para-hydroxylation sites is 1. The molecule has 6 nitrogen and oxygen atoms in total. The lowest BCUT2D eigenvalue weighted by Gasteiger charge is -2.39. The zero-order valence-corrected chi connectivity index (χ0v) is 14.1. The summed E-state index contributed by atoms with van der Waals surface area (Å²) in [5.41, 5.74) is 1.69. The molecule has 2 aromatic rings. The Kier molecular flexibility index (Phi) is 4.26. The van der Waals surface area contributed by atoms with E-state index in [9.17, 15) is 9.59 Å². The maximum atomic E-state index is 13.3. The van der Waals surface area contributed by atoms with E-state index >= 15 is 0 Å². The maximum absolute atomic E-state index is 13.3. The first-order valence-electron chi connectivity index (χ1n) is 8.89. The predicted molar refractivity (Wildman–Crippen MR) is 94.0 cm³/mol. The molecule has 2 aliphatic heterocycles. The molecule has 0 bridgehead atoms. The third-order valence-corrected chi connectivity index (χ3v) is 5.17. The summed E-state index contributed by atoms with van der Waals surface area (Å²) in [5.74, 6) is -0.403. The molecule has 130 valence electrons. The lowest BCUT2D eigenvalue weighted by Crippen LogP contribution is -2.48. The summed E-state index contributed by atoms with van der Waals surface area (Å²) >= 11 is 0. The van der Waals surface area contributed by atoms with Gasteiger partial charge < -0.3 is 10.2 Å². The summed E-state index contributed by atoms with van der Waals surface area (Å²) in [4.78, 5) is 27.4. The number of likely N-dealkylation sites (tertiary alicyclic amines) is 1. The monoisotopic (exact) mass is 338 g/mol. The maximum Gasteiger partial charge on any atom is 0.231 e. The minimum atomic E-state index is -0.386. The van der Waals surface area contributed by atoms with Crippen LogP contribution in [-0.4, -0.2) is 39.1 Å². The van der Waals surface area contributed by atoms with Gasteiger partial charge in [-0.1, -0.05) is 18.2 Å². The molecule has 1 fully saturated rings. The van der Waals surface area contributed by atoms with Crippen molar-refractivity contribution in [3.05, 3.63) is 48.3 Å². The Morgan fingerprint density at radius 3 is 2.96 bits per heavy atom. The summed E-state index contributed by atoms with van der Waals surface area (Å²) < 4.78 is 1.89. The minimum absolute atomic E-state index is 0.0687. The zero-order chi connectivity index (χ0) is 17.2. The molecular weight excluding hydrogens is 316 g/mol. The number of aromatic nitrogens is 2.